The second kappa shape index (κ2) is 8.30. The number of rotatable bonds is 6. The smallest absolute Gasteiger partial charge is 0.463 e. The molecule has 4 atom stereocenters. The largest absolute Gasteiger partial charge is 0.469 e. The second-order valence-electron chi connectivity index (χ2n) is 9.69. The van der Waals surface area contributed by atoms with Crippen LogP contribution in [-0.2, 0) is 18.6 Å². The molecule has 0 bridgehead atoms. The Morgan fingerprint density at radius 1 is 1.28 bits per heavy atom. The zero-order chi connectivity index (χ0) is 21.4. The van der Waals surface area contributed by atoms with Gasteiger partial charge in [-0.1, -0.05) is 44.9 Å². The minimum Gasteiger partial charge on any atom is -0.463 e. The van der Waals surface area contributed by atoms with E-state index in [0.717, 1.165) is 38.5 Å². The Labute approximate surface area is 174 Å². The van der Waals surface area contributed by atoms with Gasteiger partial charge in [0.05, 0.1) is 12.0 Å². The highest BCUT2D eigenvalue weighted by atomic mass is 31.2. The average Bonchev–Trinajstić information content (AvgIpc) is 2.63. The lowest BCUT2D eigenvalue weighted by Gasteiger charge is -2.57. The maximum atomic E-state index is 13.0. The third-order valence-electron chi connectivity index (χ3n) is 7.62. The molecule has 0 spiro atoms. The molecule has 0 amide bonds. The molecule has 3 aliphatic carbocycles. The molecule has 0 aromatic rings. The van der Waals surface area contributed by atoms with Gasteiger partial charge in [-0.25, -0.2) is 4.57 Å². The molecule has 0 aliphatic heterocycles. The van der Waals surface area contributed by atoms with Gasteiger partial charge in [-0.3, -0.25) is 9.32 Å². The number of hydrogen-bond donors (Lipinski definition) is 2. The Morgan fingerprint density at radius 2 is 2.00 bits per heavy atom. The van der Waals surface area contributed by atoms with Gasteiger partial charge in [-0.05, 0) is 67.8 Å². The molecule has 1 fully saturated rings. The molecule has 6 nitrogen and oxygen atoms in total. The van der Waals surface area contributed by atoms with Crippen LogP contribution in [-0.4, -0.2) is 29.0 Å². The summed E-state index contributed by atoms with van der Waals surface area (Å²) in [6.45, 7) is 8.43. The van der Waals surface area contributed by atoms with E-state index in [1.54, 1.807) is 0 Å². The molecule has 1 saturated carbocycles. The topological polar surface area (TPSA) is 93.1 Å². The van der Waals surface area contributed by atoms with Crippen molar-refractivity contribution in [1.82, 2.24) is 0 Å². The van der Waals surface area contributed by atoms with Crippen molar-refractivity contribution in [3.05, 3.63) is 23.3 Å². The van der Waals surface area contributed by atoms with Crippen molar-refractivity contribution in [2.75, 3.05) is 13.2 Å². The van der Waals surface area contributed by atoms with E-state index in [9.17, 15) is 9.36 Å². The first kappa shape index (κ1) is 22.7. The lowest BCUT2D eigenvalue weighted by atomic mass is 9.47. The summed E-state index contributed by atoms with van der Waals surface area (Å²) in [6.07, 6.45) is 10.8. The van der Waals surface area contributed by atoms with Crippen LogP contribution in [0.25, 0.3) is 0 Å². The van der Waals surface area contributed by atoms with Gasteiger partial charge in [-0.2, -0.15) is 0 Å². The molecule has 2 N–H and O–H groups in total. The van der Waals surface area contributed by atoms with Crippen molar-refractivity contribution in [2.24, 2.45) is 28.6 Å². The summed E-state index contributed by atoms with van der Waals surface area (Å²) in [6, 6.07) is 0. The summed E-state index contributed by atoms with van der Waals surface area (Å²) >= 11 is 0. The van der Waals surface area contributed by atoms with Crippen LogP contribution in [0.3, 0.4) is 0 Å². The highest BCUT2D eigenvalue weighted by Crippen LogP contribution is 2.62. The minimum absolute atomic E-state index is 0.0670. The highest BCUT2D eigenvalue weighted by Gasteiger charge is 2.57. The number of hydrogen-bond acceptors (Lipinski definition) is 4. The standard InChI is InChI=1S/C22H35O6P/c1-15(2)16-6-8-18-17(14-16)7-9-19-21(18,3)10-5-11-22(19,4)20(23)27-12-13-28-29(24,25)26/h7,14-15,18-19H,5-6,8-13H2,1-4H3,(H2,24,25,26). The van der Waals surface area contributed by atoms with Gasteiger partial charge in [0.1, 0.15) is 6.61 Å². The lowest BCUT2D eigenvalue weighted by Crippen LogP contribution is -2.53. The van der Waals surface area contributed by atoms with E-state index >= 15 is 0 Å². The lowest BCUT2D eigenvalue weighted by molar-refractivity contribution is -0.170. The summed E-state index contributed by atoms with van der Waals surface area (Å²) in [5, 5.41) is 0. The zero-order valence-electron chi connectivity index (χ0n) is 18.0. The molecular weight excluding hydrogens is 391 g/mol. The fourth-order valence-corrected chi connectivity index (χ4v) is 6.36. The van der Waals surface area contributed by atoms with Gasteiger partial charge < -0.3 is 14.5 Å². The maximum Gasteiger partial charge on any atom is 0.469 e. The number of fused-ring (bicyclic) bond motifs is 3. The Morgan fingerprint density at radius 3 is 2.66 bits per heavy atom. The van der Waals surface area contributed by atoms with Gasteiger partial charge in [0, 0.05) is 0 Å². The van der Waals surface area contributed by atoms with E-state index in [1.807, 2.05) is 6.92 Å². The molecule has 0 radical (unpaired) electrons. The quantitative estimate of drug-likeness (QED) is 0.361. The van der Waals surface area contributed by atoms with Gasteiger partial charge in [0.25, 0.3) is 0 Å². The van der Waals surface area contributed by atoms with Crippen LogP contribution in [0.15, 0.2) is 23.3 Å². The maximum absolute atomic E-state index is 13.0. The van der Waals surface area contributed by atoms with E-state index in [4.69, 9.17) is 14.5 Å². The molecule has 3 rings (SSSR count). The number of carbonyl (C=O) groups is 1. The number of phosphoric acid groups is 1. The minimum atomic E-state index is -4.54. The predicted octanol–water partition coefficient (Wildman–Crippen LogP) is 4.77. The average molecular weight is 426 g/mol. The zero-order valence-corrected chi connectivity index (χ0v) is 18.9. The molecule has 0 heterocycles. The van der Waals surface area contributed by atoms with Crippen molar-refractivity contribution in [3.63, 3.8) is 0 Å². The van der Waals surface area contributed by atoms with Crippen molar-refractivity contribution in [2.45, 2.75) is 66.2 Å². The number of allylic oxidation sites excluding steroid dienone is 4. The van der Waals surface area contributed by atoms with Crippen LogP contribution < -0.4 is 0 Å². The molecule has 29 heavy (non-hydrogen) atoms. The van der Waals surface area contributed by atoms with Gasteiger partial charge in [0.15, 0.2) is 0 Å². The number of esters is 1. The second-order valence-corrected chi connectivity index (χ2v) is 10.9. The normalized spacial score (nSPS) is 34.7. The summed E-state index contributed by atoms with van der Waals surface area (Å²) in [4.78, 5) is 30.6. The van der Waals surface area contributed by atoms with Crippen molar-refractivity contribution >= 4 is 13.8 Å². The fourth-order valence-electron chi connectivity index (χ4n) is 6.04. The van der Waals surface area contributed by atoms with Gasteiger partial charge >= 0.3 is 13.8 Å². The Hall–Kier alpha value is -0.940. The number of carbonyl (C=O) groups excluding carboxylic acids is 1. The van der Waals surface area contributed by atoms with Crippen LogP contribution in [0.1, 0.15) is 66.2 Å². The Kier molecular flexibility index (Phi) is 6.51. The van der Waals surface area contributed by atoms with Crippen LogP contribution >= 0.6 is 7.82 Å². The molecule has 0 saturated heterocycles. The molecular formula is C22H35O6P. The first-order chi connectivity index (χ1) is 13.5. The van der Waals surface area contributed by atoms with Crippen molar-refractivity contribution < 1.29 is 28.4 Å². The summed E-state index contributed by atoms with van der Waals surface area (Å²) in [5.74, 6) is 0.994. The summed E-state index contributed by atoms with van der Waals surface area (Å²) in [5.41, 5.74) is 2.46. The van der Waals surface area contributed by atoms with E-state index in [2.05, 4.69) is 37.4 Å². The highest BCUT2D eigenvalue weighted by molar-refractivity contribution is 7.46. The predicted molar refractivity (Wildman–Crippen MR) is 111 cm³/mol. The van der Waals surface area contributed by atoms with E-state index < -0.39 is 13.2 Å². The van der Waals surface area contributed by atoms with Gasteiger partial charge in [-0.15, -0.1) is 0 Å². The molecule has 3 aliphatic rings. The van der Waals surface area contributed by atoms with Crippen molar-refractivity contribution in [1.29, 1.82) is 0 Å². The molecule has 4 unspecified atom stereocenters. The summed E-state index contributed by atoms with van der Waals surface area (Å²) in [7, 11) is -4.54. The van der Waals surface area contributed by atoms with E-state index in [1.165, 1.54) is 11.1 Å². The van der Waals surface area contributed by atoms with Crippen molar-refractivity contribution in [3.8, 4) is 0 Å². The molecule has 164 valence electrons. The number of ether oxygens (including phenoxy) is 1. The third-order valence-corrected chi connectivity index (χ3v) is 8.14. The van der Waals surface area contributed by atoms with Crippen LogP contribution in [0.4, 0.5) is 0 Å². The van der Waals surface area contributed by atoms with E-state index in [-0.39, 0.29) is 30.5 Å². The summed E-state index contributed by atoms with van der Waals surface area (Å²) < 4.78 is 20.6. The van der Waals surface area contributed by atoms with Crippen LogP contribution in [0.2, 0.25) is 0 Å². The first-order valence-electron chi connectivity index (χ1n) is 10.8. The third kappa shape index (κ3) is 4.56. The Balaban J connectivity index is 1.76. The van der Waals surface area contributed by atoms with E-state index in [0.29, 0.717) is 11.8 Å². The first-order valence-corrected chi connectivity index (χ1v) is 12.3. The van der Waals surface area contributed by atoms with Crippen LogP contribution in [0, 0.1) is 28.6 Å². The van der Waals surface area contributed by atoms with Gasteiger partial charge in [0.2, 0.25) is 0 Å². The molecule has 7 heteroatoms. The van der Waals surface area contributed by atoms with Crippen LogP contribution in [0.5, 0.6) is 0 Å². The Bertz CT molecular complexity index is 750. The SMILES string of the molecule is CC(C)C1=CC2=CCC3C(C)(C(=O)OCCOP(=O)(O)O)CCCC3(C)C2CC1. The molecule has 0 aromatic carbocycles. The number of phosphoric ester groups is 1. The molecule has 0 aromatic heterocycles. The monoisotopic (exact) mass is 426 g/mol. The fraction of sp³-hybridized carbons (Fsp3) is 0.773.